The summed E-state index contributed by atoms with van der Waals surface area (Å²) in [5, 5.41) is 29.0. The van der Waals surface area contributed by atoms with Crippen molar-refractivity contribution in [2.45, 2.75) is 94.2 Å². The van der Waals surface area contributed by atoms with Gasteiger partial charge in [-0.25, -0.2) is 4.79 Å². The Kier molecular flexibility index (Phi) is 12.2. The first-order chi connectivity index (χ1) is 26.8. The molecule has 3 aliphatic carbocycles. The smallest absolute Gasteiger partial charge is 0.328 e. The Balaban J connectivity index is 1.28. The van der Waals surface area contributed by atoms with Gasteiger partial charge in [0, 0.05) is 43.8 Å². The normalized spacial score (nSPS) is 27.3. The highest BCUT2D eigenvalue weighted by atomic mass is 16.4. The van der Waals surface area contributed by atoms with E-state index < -0.39 is 5.97 Å². The van der Waals surface area contributed by atoms with Crippen molar-refractivity contribution in [3.63, 3.8) is 0 Å². The van der Waals surface area contributed by atoms with Gasteiger partial charge in [0.05, 0.1) is 12.1 Å². The minimum absolute atomic E-state index is 0.0555. The quantitative estimate of drug-likeness (QED) is 0.0495. The molecule has 0 unspecified atom stereocenters. The maximum absolute atomic E-state index is 12.6. The number of allylic oxidation sites excluding steroid dienone is 2. The highest BCUT2D eigenvalue weighted by Crippen LogP contribution is 2.62. The lowest BCUT2D eigenvalue weighted by Crippen LogP contribution is -2.54. The molecule has 4 bridgehead atoms. The van der Waals surface area contributed by atoms with Crippen molar-refractivity contribution in [2.75, 3.05) is 18.5 Å². The molecule has 0 spiro atoms. The fourth-order valence-electron chi connectivity index (χ4n) is 10.5. The van der Waals surface area contributed by atoms with Gasteiger partial charge in [0.25, 0.3) is 0 Å². The molecule has 2 aromatic carbocycles. The zero-order valence-corrected chi connectivity index (χ0v) is 31.5. The molecule has 0 radical (unpaired) electrons. The predicted molar refractivity (Wildman–Crippen MR) is 216 cm³/mol. The molecular weight excluding hydrogens is 693 g/mol. The number of fused-ring (bicyclic) bond motifs is 4. The van der Waals surface area contributed by atoms with Gasteiger partial charge in [-0.2, -0.15) is 0 Å². The Morgan fingerprint density at radius 3 is 2.62 bits per heavy atom. The summed E-state index contributed by atoms with van der Waals surface area (Å²) < 4.78 is 0. The number of carbonyl (C=O) groups excluding carboxylic acids is 2. The Bertz CT molecular complexity index is 1920. The Hall–Kier alpha value is -4.74. The van der Waals surface area contributed by atoms with E-state index >= 15 is 0 Å². The number of aromatic amines is 1. The summed E-state index contributed by atoms with van der Waals surface area (Å²) in [5.74, 6) is 1.36. The molecule has 10 atom stereocenters. The van der Waals surface area contributed by atoms with Crippen molar-refractivity contribution >= 4 is 41.1 Å². The lowest BCUT2D eigenvalue weighted by atomic mass is 9.48. The number of H-pyrrole nitrogens is 1. The summed E-state index contributed by atoms with van der Waals surface area (Å²) in [6.07, 6.45) is 17.5. The van der Waals surface area contributed by atoms with Gasteiger partial charge in [-0.1, -0.05) is 42.5 Å². The van der Waals surface area contributed by atoms with Gasteiger partial charge < -0.3 is 46.9 Å². The SMILES string of the molecule is NC1=NCC[C@H](/C(=C\C(=O)O)[C@H](Nc2ccc[nH]2)[C@H]2CC[C@@H]3c4cc5ccc(CC=O)cc5cc4[C@@H]4[C@H]2[C@H]3C=C[C@H]4CC[C@H](N)CC[C@H](C=O)CCCO)N1. The standard InChI is InChI=1S/C44H56N6O5/c45-31(10-6-27(25-53)3-2-19-51)11-8-28-9-12-33-32-13-14-34(42(33)41(28)36-23-30-21-26(16-20-52)5-7-29(30)22-35(32)36)43(50-39-4-1-17-47-39)37(24-40(54)55)38-15-18-48-44(46)49-38/h1,4-5,7,9,12,17,20-25,27-28,31-34,38,41-43,47,50-51H,2-3,6,8,10-11,13-16,18-19,45H2,(H,54,55)(H3,46,48,49)/b37-24+/t27-,28-,31-,32+,33+,34+,38-,41-,42+,43-/m1/s1. The number of rotatable bonds is 18. The number of nitrogens with two attached hydrogens (primary N) is 2. The van der Waals surface area contributed by atoms with Crippen LogP contribution in [0.3, 0.4) is 0 Å². The number of aldehydes is 2. The van der Waals surface area contributed by atoms with Crippen molar-refractivity contribution in [2.24, 2.45) is 46.0 Å². The summed E-state index contributed by atoms with van der Waals surface area (Å²) in [6.45, 7) is 0.600. The zero-order chi connectivity index (χ0) is 38.5. The van der Waals surface area contributed by atoms with Gasteiger partial charge in [-0.15, -0.1) is 0 Å². The van der Waals surface area contributed by atoms with Crippen LogP contribution in [0.25, 0.3) is 10.8 Å². The summed E-state index contributed by atoms with van der Waals surface area (Å²) in [4.78, 5) is 43.5. The maximum Gasteiger partial charge on any atom is 0.328 e. The number of benzene rings is 2. The van der Waals surface area contributed by atoms with Crippen LogP contribution in [0.5, 0.6) is 0 Å². The first-order valence-electron chi connectivity index (χ1n) is 20.2. The van der Waals surface area contributed by atoms with E-state index in [0.29, 0.717) is 44.1 Å². The molecule has 7 rings (SSSR count). The topological polar surface area (TPSA) is 196 Å². The van der Waals surface area contributed by atoms with Crippen LogP contribution in [0.15, 0.2) is 77.5 Å². The monoisotopic (exact) mass is 748 g/mol. The summed E-state index contributed by atoms with van der Waals surface area (Å²) in [6, 6.07) is 14.4. The van der Waals surface area contributed by atoms with Gasteiger partial charge in [-0.05, 0) is 138 Å². The van der Waals surface area contributed by atoms with Gasteiger partial charge in [0.1, 0.15) is 18.4 Å². The van der Waals surface area contributed by atoms with E-state index in [2.05, 4.69) is 63.1 Å². The molecule has 1 fully saturated rings. The number of aliphatic carboxylic acids is 1. The minimum Gasteiger partial charge on any atom is -0.478 e. The highest BCUT2D eigenvalue weighted by molar-refractivity contribution is 5.86. The molecule has 1 saturated carbocycles. The van der Waals surface area contributed by atoms with E-state index in [1.54, 1.807) is 0 Å². The van der Waals surface area contributed by atoms with Gasteiger partial charge in [0.2, 0.25) is 0 Å². The molecule has 55 heavy (non-hydrogen) atoms. The average Bonchev–Trinajstić information content (AvgIpc) is 3.70. The number of carboxylic acid groups (broad SMARTS) is 1. The van der Waals surface area contributed by atoms with E-state index in [0.717, 1.165) is 73.4 Å². The minimum atomic E-state index is -0.989. The van der Waals surface area contributed by atoms with Crippen LogP contribution in [0, 0.1) is 29.6 Å². The Morgan fingerprint density at radius 1 is 1.02 bits per heavy atom. The fraction of sp³-hybridized carbons (Fsp3) is 0.500. The van der Waals surface area contributed by atoms with E-state index in [1.807, 2.05) is 18.3 Å². The van der Waals surface area contributed by atoms with E-state index in [9.17, 15) is 24.6 Å². The van der Waals surface area contributed by atoms with Crippen LogP contribution >= 0.6 is 0 Å². The molecule has 11 heteroatoms. The number of aliphatic hydroxyl groups is 1. The van der Waals surface area contributed by atoms with Gasteiger partial charge in [-0.3, -0.25) is 4.99 Å². The molecule has 0 amide bonds. The lowest BCUT2D eigenvalue weighted by molar-refractivity contribution is -0.131. The second-order valence-corrected chi connectivity index (χ2v) is 16.2. The number of aliphatic hydroxyl groups excluding tert-OH is 1. The van der Waals surface area contributed by atoms with Gasteiger partial charge >= 0.3 is 5.97 Å². The van der Waals surface area contributed by atoms with E-state index in [-0.39, 0.29) is 60.2 Å². The van der Waals surface area contributed by atoms with Gasteiger partial charge in [0.15, 0.2) is 5.96 Å². The van der Waals surface area contributed by atoms with Crippen LogP contribution in [0.4, 0.5) is 5.82 Å². The van der Waals surface area contributed by atoms with Crippen molar-refractivity contribution < 1.29 is 24.6 Å². The number of aromatic nitrogens is 1. The third-order valence-corrected chi connectivity index (χ3v) is 13.0. The molecular formula is C44H56N6O5. The Morgan fingerprint density at radius 2 is 1.87 bits per heavy atom. The van der Waals surface area contributed by atoms with Crippen molar-refractivity contribution in [3.8, 4) is 0 Å². The van der Waals surface area contributed by atoms with Crippen molar-refractivity contribution in [1.82, 2.24) is 10.3 Å². The highest BCUT2D eigenvalue weighted by Gasteiger charge is 2.54. The first kappa shape index (κ1) is 38.5. The number of guanidine groups is 1. The number of nitrogens with zero attached hydrogens (tertiary/aromatic N) is 1. The van der Waals surface area contributed by atoms with E-state index in [1.165, 1.54) is 22.6 Å². The van der Waals surface area contributed by atoms with Crippen LogP contribution in [0.1, 0.15) is 86.3 Å². The first-order valence-corrected chi connectivity index (χ1v) is 20.2. The second kappa shape index (κ2) is 17.4. The van der Waals surface area contributed by atoms with Crippen molar-refractivity contribution in [1.29, 1.82) is 0 Å². The Labute approximate surface area is 323 Å². The second-order valence-electron chi connectivity index (χ2n) is 16.2. The maximum atomic E-state index is 12.6. The lowest BCUT2D eigenvalue weighted by Gasteiger charge is -2.57. The fourth-order valence-corrected chi connectivity index (χ4v) is 10.5. The number of carboxylic acids is 1. The van der Waals surface area contributed by atoms with Crippen LogP contribution in [0.2, 0.25) is 0 Å². The predicted octanol–water partition coefficient (Wildman–Crippen LogP) is 5.56. The summed E-state index contributed by atoms with van der Waals surface area (Å²) in [5.41, 5.74) is 17.5. The zero-order valence-electron chi connectivity index (χ0n) is 31.5. The van der Waals surface area contributed by atoms with Crippen LogP contribution < -0.4 is 22.1 Å². The number of aliphatic imine (C=N–C) groups is 1. The molecule has 1 aromatic heterocycles. The third kappa shape index (κ3) is 8.43. The number of hydrogen-bond acceptors (Lipinski definition) is 9. The van der Waals surface area contributed by atoms with Crippen molar-refractivity contribution in [3.05, 3.63) is 89.2 Å². The summed E-state index contributed by atoms with van der Waals surface area (Å²) >= 11 is 0. The molecule has 4 aliphatic rings. The van der Waals surface area contributed by atoms with E-state index in [4.69, 9.17) is 11.5 Å². The molecule has 292 valence electrons. The molecule has 0 saturated heterocycles. The summed E-state index contributed by atoms with van der Waals surface area (Å²) in [7, 11) is 0. The number of carbonyl (C=O) groups is 3. The molecule has 9 N–H and O–H groups in total. The molecule has 2 heterocycles. The third-order valence-electron chi connectivity index (χ3n) is 13.0. The van der Waals surface area contributed by atoms with Crippen LogP contribution in [-0.4, -0.2) is 71.0 Å². The molecule has 1 aliphatic heterocycles. The molecule has 3 aromatic rings. The molecule has 11 nitrogen and oxygen atoms in total. The number of nitrogens with one attached hydrogen (secondary N) is 3. The average molecular weight is 749 g/mol. The largest absolute Gasteiger partial charge is 0.478 e. The van der Waals surface area contributed by atoms with Crippen LogP contribution in [-0.2, 0) is 20.8 Å². The number of hydrogen-bond donors (Lipinski definition) is 7. The number of anilines is 1.